The minimum absolute atomic E-state index is 0.184. The summed E-state index contributed by atoms with van der Waals surface area (Å²) in [5, 5.41) is 9.77. The highest BCUT2D eigenvalue weighted by atomic mass is 16.5. The molecule has 0 spiro atoms. The van der Waals surface area contributed by atoms with E-state index >= 15 is 0 Å². The highest BCUT2D eigenvalue weighted by Crippen LogP contribution is 2.16. The summed E-state index contributed by atoms with van der Waals surface area (Å²) >= 11 is 0. The second-order valence-electron chi connectivity index (χ2n) is 6.70. The number of aromatic nitrogens is 2. The largest absolute Gasteiger partial charge is 0.462 e. The average molecular weight is 420 g/mol. The van der Waals surface area contributed by atoms with Crippen LogP contribution >= 0.6 is 0 Å². The van der Waals surface area contributed by atoms with E-state index in [0.717, 1.165) is 5.69 Å². The standard InChI is InChI=1S/C23H24N4O4/c1-3-31-23(30)20-15-26-27(16(20)2)19-11-9-18(10-12-19)22(29)25-14-13-24-21(28)17-7-5-4-6-8-17/h4-12,15H,3,13-14H2,1-2H3,(H,24,28)(H,25,29). The summed E-state index contributed by atoms with van der Waals surface area (Å²) in [6, 6.07) is 15.7. The first-order chi connectivity index (χ1) is 15.0. The molecular weight excluding hydrogens is 396 g/mol. The fourth-order valence-electron chi connectivity index (χ4n) is 2.98. The number of amides is 2. The van der Waals surface area contributed by atoms with E-state index in [1.54, 1.807) is 67.1 Å². The van der Waals surface area contributed by atoms with Crippen LogP contribution in [0, 0.1) is 6.92 Å². The Kier molecular flexibility index (Phi) is 7.16. The fourth-order valence-corrected chi connectivity index (χ4v) is 2.98. The number of benzene rings is 2. The molecule has 0 bridgehead atoms. The van der Waals surface area contributed by atoms with Crippen LogP contribution in [0.1, 0.15) is 43.7 Å². The number of hydrogen-bond donors (Lipinski definition) is 2. The van der Waals surface area contributed by atoms with Crippen LogP contribution in [0.15, 0.2) is 60.8 Å². The van der Waals surface area contributed by atoms with Crippen molar-refractivity contribution in [3.05, 3.63) is 83.2 Å². The summed E-state index contributed by atoms with van der Waals surface area (Å²) < 4.78 is 6.64. The number of esters is 1. The number of ether oxygens (including phenoxy) is 1. The third-order valence-electron chi connectivity index (χ3n) is 4.61. The van der Waals surface area contributed by atoms with Gasteiger partial charge in [0.1, 0.15) is 5.56 Å². The number of rotatable bonds is 8. The lowest BCUT2D eigenvalue weighted by atomic mass is 10.2. The molecule has 0 saturated carbocycles. The zero-order chi connectivity index (χ0) is 22.2. The molecule has 8 heteroatoms. The molecule has 0 unspecified atom stereocenters. The third-order valence-corrected chi connectivity index (χ3v) is 4.61. The molecule has 0 aliphatic carbocycles. The average Bonchev–Trinajstić information content (AvgIpc) is 3.18. The minimum atomic E-state index is -0.415. The number of carbonyl (C=O) groups is 3. The van der Waals surface area contributed by atoms with Crippen LogP contribution in [0.2, 0.25) is 0 Å². The Bertz CT molecular complexity index is 1060. The molecule has 0 aliphatic heterocycles. The lowest BCUT2D eigenvalue weighted by Crippen LogP contribution is -2.34. The lowest BCUT2D eigenvalue weighted by Gasteiger charge is -2.09. The van der Waals surface area contributed by atoms with Crippen molar-refractivity contribution in [2.45, 2.75) is 13.8 Å². The minimum Gasteiger partial charge on any atom is -0.462 e. The summed E-state index contributed by atoms with van der Waals surface area (Å²) in [6.07, 6.45) is 1.47. The van der Waals surface area contributed by atoms with Gasteiger partial charge in [0.15, 0.2) is 0 Å². The van der Waals surface area contributed by atoms with E-state index < -0.39 is 5.97 Å². The van der Waals surface area contributed by atoms with Crippen molar-refractivity contribution in [2.24, 2.45) is 0 Å². The molecule has 0 aliphatic rings. The van der Waals surface area contributed by atoms with Crippen molar-refractivity contribution < 1.29 is 19.1 Å². The van der Waals surface area contributed by atoms with Crippen molar-refractivity contribution in [1.29, 1.82) is 0 Å². The quantitative estimate of drug-likeness (QED) is 0.431. The Hall–Kier alpha value is -3.94. The Labute approximate surface area is 180 Å². The molecule has 0 atom stereocenters. The monoisotopic (exact) mass is 420 g/mol. The smallest absolute Gasteiger partial charge is 0.341 e. The molecule has 1 aromatic heterocycles. The topological polar surface area (TPSA) is 102 Å². The lowest BCUT2D eigenvalue weighted by molar-refractivity contribution is 0.0525. The van der Waals surface area contributed by atoms with Crippen LogP contribution in [0.25, 0.3) is 5.69 Å². The van der Waals surface area contributed by atoms with Gasteiger partial charge >= 0.3 is 5.97 Å². The first-order valence-corrected chi connectivity index (χ1v) is 9.95. The van der Waals surface area contributed by atoms with E-state index in [1.165, 1.54) is 6.20 Å². The maximum Gasteiger partial charge on any atom is 0.341 e. The number of nitrogens with zero attached hydrogens (tertiary/aromatic N) is 2. The van der Waals surface area contributed by atoms with Crippen LogP contribution in [-0.4, -0.2) is 47.3 Å². The summed E-state index contributed by atoms with van der Waals surface area (Å²) in [4.78, 5) is 36.3. The molecule has 0 saturated heterocycles. The van der Waals surface area contributed by atoms with Gasteiger partial charge in [-0.05, 0) is 50.2 Å². The van der Waals surface area contributed by atoms with Gasteiger partial charge in [-0.3, -0.25) is 9.59 Å². The SMILES string of the molecule is CCOC(=O)c1cnn(-c2ccc(C(=O)NCCNC(=O)c3ccccc3)cc2)c1C. The maximum atomic E-state index is 12.3. The molecule has 2 amide bonds. The second-order valence-corrected chi connectivity index (χ2v) is 6.70. The van der Waals surface area contributed by atoms with Crippen molar-refractivity contribution in [1.82, 2.24) is 20.4 Å². The van der Waals surface area contributed by atoms with Crippen molar-refractivity contribution in [3.63, 3.8) is 0 Å². The summed E-state index contributed by atoms with van der Waals surface area (Å²) in [7, 11) is 0. The van der Waals surface area contributed by atoms with Gasteiger partial charge in [-0.2, -0.15) is 5.10 Å². The second kappa shape index (κ2) is 10.2. The molecule has 0 radical (unpaired) electrons. The third kappa shape index (κ3) is 5.36. The number of carbonyl (C=O) groups excluding carboxylic acids is 3. The highest BCUT2D eigenvalue weighted by Gasteiger charge is 2.16. The molecule has 3 rings (SSSR count). The Morgan fingerprint density at radius 3 is 2.06 bits per heavy atom. The number of nitrogens with one attached hydrogen (secondary N) is 2. The van der Waals surface area contributed by atoms with Gasteiger partial charge in [0, 0.05) is 24.2 Å². The van der Waals surface area contributed by atoms with Gasteiger partial charge in [0.05, 0.1) is 24.2 Å². The fraction of sp³-hybridized carbons (Fsp3) is 0.217. The molecular formula is C23H24N4O4. The summed E-state index contributed by atoms with van der Waals surface area (Å²) in [6.45, 7) is 4.45. The first-order valence-electron chi connectivity index (χ1n) is 9.95. The van der Waals surface area contributed by atoms with Gasteiger partial charge in [0.2, 0.25) is 0 Å². The first kappa shape index (κ1) is 21.8. The van der Waals surface area contributed by atoms with E-state index in [4.69, 9.17) is 4.74 Å². The zero-order valence-corrected chi connectivity index (χ0v) is 17.4. The van der Waals surface area contributed by atoms with Crippen molar-refractivity contribution >= 4 is 17.8 Å². The Morgan fingerprint density at radius 1 is 0.903 bits per heavy atom. The van der Waals surface area contributed by atoms with Crippen molar-refractivity contribution in [2.75, 3.05) is 19.7 Å². The van der Waals surface area contributed by atoms with Gasteiger partial charge < -0.3 is 15.4 Å². The molecule has 3 aromatic rings. The van der Waals surface area contributed by atoms with E-state index in [2.05, 4.69) is 15.7 Å². The van der Waals surface area contributed by atoms with Crippen LogP contribution in [0.4, 0.5) is 0 Å². The Morgan fingerprint density at radius 2 is 1.48 bits per heavy atom. The van der Waals surface area contributed by atoms with Gasteiger partial charge in [-0.25, -0.2) is 9.48 Å². The summed E-state index contributed by atoms with van der Waals surface area (Å²) in [5.74, 6) is -0.845. The molecule has 1 heterocycles. The molecule has 2 aromatic carbocycles. The van der Waals surface area contributed by atoms with E-state index in [9.17, 15) is 14.4 Å². The van der Waals surface area contributed by atoms with Crippen LogP contribution in [-0.2, 0) is 4.74 Å². The van der Waals surface area contributed by atoms with E-state index in [-0.39, 0.29) is 11.8 Å². The van der Waals surface area contributed by atoms with Gasteiger partial charge in [-0.1, -0.05) is 18.2 Å². The van der Waals surface area contributed by atoms with E-state index in [0.29, 0.717) is 42.1 Å². The van der Waals surface area contributed by atoms with Crippen molar-refractivity contribution in [3.8, 4) is 5.69 Å². The van der Waals surface area contributed by atoms with Crippen LogP contribution < -0.4 is 10.6 Å². The van der Waals surface area contributed by atoms with Gasteiger partial charge in [0.25, 0.3) is 11.8 Å². The molecule has 2 N–H and O–H groups in total. The molecule has 0 fully saturated rings. The number of hydrogen-bond acceptors (Lipinski definition) is 5. The summed E-state index contributed by atoms with van der Waals surface area (Å²) in [5.41, 5.74) is 2.84. The molecule has 160 valence electrons. The van der Waals surface area contributed by atoms with Crippen LogP contribution in [0.5, 0.6) is 0 Å². The Balaban J connectivity index is 1.53. The predicted octanol–water partition coefficient (Wildman–Crippen LogP) is 2.52. The van der Waals surface area contributed by atoms with Crippen LogP contribution in [0.3, 0.4) is 0 Å². The maximum absolute atomic E-state index is 12.3. The zero-order valence-electron chi connectivity index (χ0n) is 17.4. The van der Waals surface area contributed by atoms with E-state index in [1.807, 2.05) is 6.07 Å². The normalized spacial score (nSPS) is 10.4. The van der Waals surface area contributed by atoms with Gasteiger partial charge in [-0.15, -0.1) is 0 Å². The predicted molar refractivity (Wildman–Crippen MR) is 115 cm³/mol. The highest BCUT2D eigenvalue weighted by molar-refractivity contribution is 5.95. The molecule has 31 heavy (non-hydrogen) atoms. The molecule has 8 nitrogen and oxygen atoms in total.